The third-order valence-electron chi connectivity index (χ3n) is 17.3. The van der Waals surface area contributed by atoms with E-state index in [1.807, 2.05) is 36.5 Å². The number of ether oxygens (including phenoxy) is 5. The second kappa shape index (κ2) is 20.2. The van der Waals surface area contributed by atoms with Crippen molar-refractivity contribution in [3.63, 3.8) is 0 Å². The summed E-state index contributed by atoms with van der Waals surface area (Å²) in [6, 6.07) is 5.96. The molecule has 2 saturated carbocycles. The van der Waals surface area contributed by atoms with Crippen molar-refractivity contribution in [2.24, 2.45) is 41.4 Å². The van der Waals surface area contributed by atoms with Crippen molar-refractivity contribution < 1.29 is 68.7 Å². The number of benzene rings is 2. The number of aromatic nitrogens is 1. The molecule has 2 aromatic carbocycles. The van der Waals surface area contributed by atoms with Gasteiger partial charge in [0.15, 0.2) is 11.9 Å². The number of methoxy groups -OCH3 is 1. The Kier molecular flexibility index (Phi) is 14.1. The molecule has 7 aliphatic rings. The second-order valence-corrected chi connectivity index (χ2v) is 20.9. The molecular formula is C55H68N2O14. The summed E-state index contributed by atoms with van der Waals surface area (Å²) in [6.45, 7) is 2.70. The lowest BCUT2D eigenvalue weighted by molar-refractivity contribution is -0.244. The highest BCUT2D eigenvalue weighted by Gasteiger charge is 2.70. The molecule has 10 atom stereocenters. The first-order chi connectivity index (χ1) is 34.5. The first-order valence-electron chi connectivity index (χ1n) is 25.6. The number of esters is 1. The summed E-state index contributed by atoms with van der Waals surface area (Å²) in [7, 11) is 1.69. The smallest absolute Gasteiger partial charge is 0.375 e. The van der Waals surface area contributed by atoms with E-state index in [2.05, 4.69) is 9.88 Å². The summed E-state index contributed by atoms with van der Waals surface area (Å²) >= 11 is 0. The Bertz CT molecular complexity index is 2650. The topological polar surface area (TPSA) is 238 Å². The summed E-state index contributed by atoms with van der Waals surface area (Å²) < 4.78 is 31.8. The van der Waals surface area contributed by atoms with Crippen LogP contribution in [-0.4, -0.2) is 143 Å². The van der Waals surface area contributed by atoms with Crippen LogP contribution in [0.2, 0.25) is 0 Å². The van der Waals surface area contributed by atoms with E-state index in [0.717, 1.165) is 35.0 Å². The standard InChI is InChI=1S/C55H68N2O14/c1-3-68-53(65)52-41(27-62)45-34-17-37(26-61)48(64)39(20-34)38-19-33-8-12-56-44(33)21-32(38)6-5-30(24-59)29-69-50-40-22-54(71-49(40)42(28-63)51(70-52)46(45)50)11-7-31(10-15-58)47-36(25-60)18-35-23-57(13-4-16-67-2)14-9-43(35)55(47,54)66/h7-8,11-12,19,21,27,30-31,35-37,39,43,47,56,58-61,63,66H,3-6,9-10,13-18,20,22-26,28-29H2,1-2H3. The molecule has 10 rings (SSSR count). The van der Waals surface area contributed by atoms with Gasteiger partial charge in [-0.2, -0.15) is 0 Å². The van der Waals surface area contributed by atoms with Crippen molar-refractivity contribution in [1.82, 2.24) is 9.88 Å². The van der Waals surface area contributed by atoms with Crippen LogP contribution in [0, 0.1) is 41.4 Å². The van der Waals surface area contributed by atoms with Gasteiger partial charge >= 0.3 is 5.97 Å². The summed E-state index contributed by atoms with van der Waals surface area (Å²) in [4.78, 5) is 48.2. The number of aldehydes is 1. The van der Waals surface area contributed by atoms with E-state index in [0.29, 0.717) is 69.2 Å². The van der Waals surface area contributed by atoms with E-state index in [9.17, 15) is 45.0 Å². The number of aromatic amines is 1. The molecule has 16 nitrogen and oxygen atoms in total. The fourth-order valence-corrected chi connectivity index (χ4v) is 14.1. The van der Waals surface area contributed by atoms with Gasteiger partial charge in [0.1, 0.15) is 28.6 Å². The molecule has 4 aliphatic heterocycles. The minimum atomic E-state index is -1.63. The Morgan fingerprint density at radius 1 is 1.06 bits per heavy atom. The first-order valence-corrected chi connectivity index (χ1v) is 25.6. The second-order valence-electron chi connectivity index (χ2n) is 20.9. The van der Waals surface area contributed by atoms with Gasteiger partial charge in [-0.25, -0.2) is 4.79 Å². The summed E-state index contributed by atoms with van der Waals surface area (Å²) in [5.74, 6) is -4.75. The van der Waals surface area contributed by atoms with Gasteiger partial charge in [0.2, 0.25) is 5.76 Å². The van der Waals surface area contributed by atoms with Gasteiger partial charge in [0, 0.05) is 99.6 Å². The molecule has 71 heavy (non-hydrogen) atoms. The van der Waals surface area contributed by atoms with Crippen LogP contribution in [0.3, 0.4) is 0 Å². The average molecular weight is 981 g/mol. The van der Waals surface area contributed by atoms with Gasteiger partial charge < -0.3 is 64.2 Å². The number of nitrogens with zero attached hydrogens (tertiary/aromatic N) is 1. The Labute approximate surface area is 413 Å². The Morgan fingerprint density at radius 3 is 2.63 bits per heavy atom. The monoisotopic (exact) mass is 980 g/mol. The number of hydrogen-bond acceptors (Lipinski definition) is 15. The number of piperidine rings is 1. The average Bonchev–Trinajstić information content (AvgIpc) is 4.01. The molecule has 5 heterocycles. The van der Waals surface area contributed by atoms with Crippen LogP contribution in [-0.2, 0) is 43.3 Å². The van der Waals surface area contributed by atoms with E-state index >= 15 is 0 Å². The molecule has 3 aliphatic carbocycles. The maximum absolute atomic E-state index is 14.6. The number of likely N-dealkylation sites (tertiary alicyclic amines) is 1. The molecule has 1 saturated heterocycles. The predicted molar refractivity (Wildman–Crippen MR) is 259 cm³/mol. The first kappa shape index (κ1) is 49.7. The van der Waals surface area contributed by atoms with Crippen molar-refractivity contribution in [3.05, 3.63) is 81.3 Å². The van der Waals surface area contributed by atoms with Crippen LogP contribution in [0.5, 0.6) is 17.2 Å². The number of carbonyl (C=O) groups is 3. The molecule has 7 N–H and O–H groups in total. The zero-order valence-corrected chi connectivity index (χ0v) is 40.7. The molecule has 16 heteroatoms. The van der Waals surface area contributed by atoms with Gasteiger partial charge in [0.25, 0.3) is 0 Å². The number of hydrogen-bond donors (Lipinski definition) is 7. The number of ketones is 1. The maximum Gasteiger partial charge on any atom is 0.375 e. The number of carbonyl (C=O) groups excluding carboxylic acids is 3. The van der Waals surface area contributed by atoms with Crippen molar-refractivity contribution >= 4 is 34.5 Å². The third kappa shape index (κ3) is 8.17. The van der Waals surface area contributed by atoms with Gasteiger partial charge in [-0.05, 0) is 129 Å². The SMILES string of the molecule is CCOC(=O)C1=C(C=O)C2=C3CC(CO)C(=O)C(C3)c3cc4cc[nH]c4cc3CCC(CO)COc3c4c(c(CO)c(c32)O1)OC1(C=CC(CCO)C2C(CO)CC3CN(CCCOC)CCC3C21O)C4. The number of aliphatic hydroxyl groups excluding tert-OH is 5. The van der Waals surface area contributed by atoms with Crippen LogP contribution in [0.4, 0.5) is 0 Å². The van der Waals surface area contributed by atoms with Crippen LogP contribution in [0.25, 0.3) is 16.5 Å². The third-order valence-corrected chi connectivity index (χ3v) is 17.3. The van der Waals surface area contributed by atoms with E-state index in [1.165, 1.54) is 0 Å². The van der Waals surface area contributed by atoms with Crippen LogP contribution in [0.15, 0.2) is 53.5 Å². The minimum absolute atomic E-state index is 0.0195. The maximum atomic E-state index is 14.6. The zero-order chi connectivity index (χ0) is 49.8. The molecule has 1 spiro atoms. The van der Waals surface area contributed by atoms with Crippen molar-refractivity contribution in [2.75, 3.05) is 73.0 Å². The molecule has 10 unspecified atom stereocenters. The largest absolute Gasteiger partial charge is 0.492 e. The highest BCUT2D eigenvalue weighted by Crippen LogP contribution is 2.65. The Morgan fingerprint density at radius 2 is 1.90 bits per heavy atom. The number of allylic oxidation sites excluding steroid dienone is 4. The van der Waals surface area contributed by atoms with Gasteiger partial charge in [-0.3, -0.25) is 9.59 Å². The quantitative estimate of drug-likeness (QED) is 0.0553. The van der Waals surface area contributed by atoms with Crippen LogP contribution in [0.1, 0.15) is 85.6 Å². The number of aryl methyl sites for hydroxylation is 1. The number of H-pyrrole nitrogens is 1. The normalized spacial score (nSPS) is 31.2. The van der Waals surface area contributed by atoms with Gasteiger partial charge in [0.05, 0.1) is 43.1 Å². The van der Waals surface area contributed by atoms with Gasteiger partial charge in [-0.1, -0.05) is 11.6 Å². The highest BCUT2D eigenvalue weighted by atomic mass is 16.6. The lowest BCUT2D eigenvalue weighted by atomic mass is 9.47. The van der Waals surface area contributed by atoms with E-state index in [4.69, 9.17) is 23.7 Å². The molecule has 0 radical (unpaired) electrons. The Balaban J connectivity index is 1.21. The number of aliphatic hydroxyl groups is 6. The van der Waals surface area contributed by atoms with Crippen LogP contribution >= 0.6 is 0 Å². The fourth-order valence-electron chi connectivity index (χ4n) is 14.1. The minimum Gasteiger partial charge on any atom is -0.492 e. The number of nitrogens with one attached hydrogen (secondary N) is 1. The van der Waals surface area contributed by atoms with Gasteiger partial charge in [-0.15, -0.1) is 0 Å². The predicted octanol–water partition coefficient (Wildman–Crippen LogP) is 4.09. The molecular weight excluding hydrogens is 913 g/mol. The lowest BCUT2D eigenvalue weighted by Crippen LogP contribution is -2.73. The molecule has 3 fully saturated rings. The molecule has 382 valence electrons. The van der Waals surface area contributed by atoms with E-state index in [-0.39, 0.29) is 121 Å². The molecule has 2 bridgehead atoms. The highest BCUT2D eigenvalue weighted by molar-refractivity contribution is 6.11. The summed E-state index contributed by atoms with van der Waals surface area (Å²) in [5.41, 5.74) is 0.975. The Hall–Kier alpha value is -4.91. The molecule has 1 aromatic heterocycles. The van der Waals surface area contributed by atoms with Crippen molar-refractivity contribution in [2.45, 2.75) is 88.4 Å². The fraction of sp³-hybridized carbons (Fsp3) is 0.582. The molecule has 3 aromatic rings. The number of Topliss-reactive ketones (excluding diaryl/α,β-unsaturated/α-hetero) is 1. The molecule has 0 amide bonds. The van der Waals surface area contributed by atoms with E-state index in [1.54, 1.807) is 14.0 Å². The zero-order valence-electron chi connectivity index (χ0n) is 40.7. The summed E-state index contributed by atoms with van der Waals surface area (Å²) in [6.07, 6.45) is 9.87. The number of rotatable bonds is 13. The van der Waals surface area contributed by atoms with Crippen molar-refractivity contribution in [1.29, 1.82) is 0 Å². The van der Waals surface area contributed by atoms with Crippen LogP contribution < -0.4 is 14.2 Å². The lowest BCUT2D eigenvalue weighted by Gasteiger charge is -2.63. The number of fused-ring (bicyclic) bond motifs is 11. The van der Waals surface area contributed by atoms with Crippen molar-refractivity contribution in [3.8, 4) is 17.2 Å². The van der Waals surface area contributed by atoms with E-state index < -0.39 is 59.8 Å². The summed E-state index contributed by atoms with van der Waals surface area (Å²) in [5, 5.41) is 70.4.